The standard InChI is InChI=1S/C9H15NO3S2/c1-3-8-4-5-9(14-8)15(12,13)10-6-7(2)11/h4-5,7,10-11H,3,6H2,1-2H3. The number of sulfonamides is 1. The van der Waals surface area contributed by atoms with Crippen LogP contribution in [0.3, 0.4) is 0 Å². The molecule has 1 aromatic rings. The van der Waals surface area contributed by atoms with Crippen LogP contribution < -0.4 is 4.72 Å². The SMILES string of the molecule is CCc1ccc(S(=O)(=O)NCC(C)O)s1. The zero-order chi connectivity index (χ0) is 11.5. The lowest BCUT2D eigenvalue weighted by molar-refractivity contribution is 0.198. The van der Waals surface area contributed by atoms with Crippen LogP contribution in [0.15, 0.2) is 16.3 Å². The van der Waals surface area contributed by atoms with Crippen LogP contribution in [0, 0.1) is 0 Å². The van der Waals surface area contributed by atoms with E-state index in [-0.39, 0.29) is 6.54 Å². The molecular formula is C9H15NO3S2. The summed E-state index contributed by atoms with van der Waals surface area (Å²) in [5, 5.41) is 8.99. The average Bonchev–Trinajstić information content (AvgIpc) is 2.63. The molecule has 2 N–H and O–H groups in total. The van der Waals surface area contributed by atoms with Crippen LogP contribution in [0.2, 0.25) is 0 Å². The Morgan fingerprint density at radius 1 is 1.53 bits per heavy atom. The van der Waals surface area contributed by atoms with Gasteiger partial charge in [0.05, 0.1) is 6.10 Å². The van der Waals surface area contributed by atoms with E-state index in [1.807, 2.05) is 13.0 Å². The van der Waals surface area contributed by atoms with Crippen LogP contribution in [0.1, 0.15) is 18.7 Å². The van der Waals surface area contributed by atoms with E-state index in [1.54, 1.807) is 6.07 Å². The summed E-state index contributed by atoms with van der Waals surface area (Å²) in [5.74, 6) is 0. The highest BCUT2D eigenvalue weighted by Gasteiger charge is 2.16. The summed E-state index contributed by atoms with van der Waals surface area (Å²) >= 11 is 1.26. The largest absolute Gasteiger partial charge is 0.392 e. The van der Waals surface area contributed by atoms with E-state index in [0.29, 0.717) is 4.21 Å². The van der Waals surface area contributed by atoms with E-state index < -0.39 is 16.1 Å². The van der Waals surface area contributed by atoms with E-state index in [1.165, 1.54) is 18.3 Å². The lowest BCUT2D eigenvalue weighted by Gasteiger charge is -2.05. The fraction of sp³-hybridized carbons (Fsp3) is 0.556. The topological polar surface area (TPSA) is 66.4 Å². The maximum atomic E-state index is 11.7. The van der Waals surface area contributed by atoms with Gasteiger partial charge in [0, 0.05) is 11.4 Å². The first-order chi connectivity index (χ1) is 6.95. The van der Waals surface area contributed by atoms with E-state index in [4.69, 9.17) is 5.11 Å². The highest BCUT2D eigenvalue weighted by Crippen LogP contribution is 2.21. The molecule has 0 aromatic carbocycles. The van der Waals surface area contributed by atoms with Gasteiger partial charge in [-0.3, -0.25) is 0 Å². The summed E-state index contributed by atoms with van der Waals surface area (Å²) in [7, 11) is -3.44. The van der Waals surface area contributed by atoms with Crippen LogP contribution in [0.25, 0.3) is 0 Å². The third-order valence-corrected chi connectivity index (χ3v) is 4.96. The second-order valence-corrected chi connectivity index (χ2v) is 6.44. The number of aliphatic hydroxyl groups excluding tert-OH is 1. The molecule has 0 amide bonds. The minimum Gasteiger partial charge on any atom is -0.392 e. The highest BCUT2D eigenvalue weighted by atomic mass is 32.2. The smallest absolute Gasteiger partial charge is 0.250 e. The summed E-state index contributed by atoms with van der Waals surface area (Å²) in [5.41, 5.74) is 0. The fourth-order valence-corrected chi connectivity index (χ4v) is 3.46. The molecule has 4 nitrogen and oxygen atoms in total. The minimum absolute atomic E-state index is 0.0433. The summed E-state index contributed by atoms with van der Waals surface area (Å²) in [4.78, 5) is 1.03. The number of hydrogen-bond acceptors (Lipinski definition) is 4. The van der Waals surface area contributed by atoms with Crippen molar-refractivity contribution in [1.29, 1.82) is 0 Å². The van der Waals surface area contributed by atoms with Gasteiger partial charge in [-0.25, -0.2) is 13.1 Å². The minimum atomic E-state index is -3.44. The van der Waals surface area contributed by atoms with Crippen molar-refractivity contribution in [2.45, 2.75) is 30.6 Å². The Morgan fingerprint density at radius 3 is 2.67 bits per heavy atom. The van der Waals surface area contributed by atoms with Crippen molar-refractivity contribution < 1.29 is 13.5 Å². The van der Waals surface area contributed by atoms with Gasteiger partial charge < -0.3 is 5.11 Å². The quantitative estimate of drug-likeness (QED) is 0.817. The molecular weight excluding hydrogens is 234 g/mol. The third kappa shape index (κ3) is 3.57. The summed E-state index contributed by atoms with van der Waals surface area (Å²) in [6.07, 6.45) is 0.154. The molecule has 0 bridgehead atoms. The number of aryl methyl sites for hydroxylation is 1. The molecule has 0 aliphatic rings. The second kappa shape index (κ2) is 5.07. The molecule has 0 saturated carbocycles. The molecule has 1 rings (SSSR count). The lowest BCUT2D eigenvalue weighted by atomic mass is 10.4. The Balaban J connectivity index is 2.77. The van der Waals surface area contributed by atoms with Gasteiger partial charge in [0.25, 0.3) is 0 Å². The molecule has 0 radical (unpaired) electrons. The lowest BCUT2D eigenvalue weighted by Crippen LogP contribution is -2.30. The first kappa shape index (κ1) is 12.6. The molecule has 15 heavy (non-hydrogen) atoms. The number of rotatable bonds is 5. The number of thiophene rings is 1. The molecule has 6 heteroatoms. The Morgan fingerprint density at radius 2 is 2.20 bits per heavy atom. The zero-order valence-corrected chi connectivity index (χ0v) is 10.4. The number of nitrogens with one attached hydrogen (secondary N) is 1. The van der Waals surface area contributed by atoms with E-state index in [0.717, 1.165) is 11.3 Å². The first-order valence-corrected chi connectivity index (χ1v) is 7.02. The fourth-order valence-electron chi connectivity index (χ4n) is 0.994. The zero-order valence-electron chi connectivity index (χ0n) is 8.73. The normalized spacial score (nSPS) is 14.1. The predicted molar refractivity (Wildman–Crippen MR) is 60.6 cm³/mol. The Bertz CT molecular complexity index is 409. The molecule has 1 atom stereocenters. The van der Waals surface area contributed by atoms with Crippen LogP contribution in [-0.4, -0.2) is 26.2 Å². The van der Waals surface area contributed by atoms with Gasteiger partial charge in [0.15, 0.2) is 0 Å². The monoisotopic (exact) mass is 249 g/mol. The molecule has 0 spiro atoms. The van der Waals surface area contributed by atoms with Crippen molar-refractivity contribution in [2.75, 3.05) is 6.54 Å². The number of aliphatic hydroxyl groups is 1. The molecule has 0 aliphatic heterocycles. The predicted octanol–water partition coefficient (Wildman–Crippen LogP) is 0.970. The molecule has 0 aliphatic carbocycles. The third-order valence-electron chi connectivity index (χ3n) is 1.82. The van der Waals surface area contributed by atoms with Crippen molar-refractivity contribution in [3.63, 3.8) is 0 Å². The molecule has 1 aromatic heterocycles. The summed E-state index contributed by atoms with van der Waals surface area (Å²) < 4.78 is 26.0. The van der Waals surface area contributed by atoms with Gasteiger partial charge in [0.2, 0.25) is 10.0 Å². The highest BCUT2D eigenvalue weighted by molar-refractivity contribution is 7.91. The second-order valence-electron chi connectivity index (χ2n) is 3.28. The van der Waals surface area contributed by atoms with E-state index in [2.05, 4.69) is 4.72 Å². The number of hydrogen-bond donors (Lipinski definition) is 2. The van der Waals surface area contributed by atoms with Gasteiger partial charge in [-0.2, -0.15) is 0 Å². The van der Waals surface area contributed by atoms with Crippen LogP contribution in [-0.2, 0) is 16.4 Å². The van der Waals surface area contributed by atoms with Crippen LogP contribution >= 0.6 is 11.3 Å². The van der Waals surface area contributed by atoms with E-state index >= 15 is 0 Å². The molecule has 86 valence electrons. The molecule has 0 saturated heterocycles. The Hall–Kier alpha value is -0.430. The molecule has 0 fully saturated rings. The molecule has 1 unspecified atom stereocenters. The summed E-state index contributed by atoms with van der Waals surface area (Å²) in [6.45, 7) is 3.56. The van der Waals surface area contributed by atoms with Gasteiger partial charge >= 0.3 is 0 Å². The van der Waals surface area contributed by atoms with Gasteiger partial charge in [-0.1, -0.05) is 6.92 Å². The van der Waals surface area contributed by atoms with Gasteiger partial charge in [-0.15, -0.1) is 11.3 Å². The first-order valence-electron chi connectivity index (χ1n) is 4.72. The Labute approximate surface area is 94.0 Å². The maximum absolute atomic E-state index is 11.7. The van der Waals surface area contributed by atoms with Crippen molar-refractivity contribution in [3.8, 4) is 0 Å². The summed E-state index contributed by atoms with van der Waals surface area (Å²) in [6, 6.07) is 3.40. The van der Waals surface area contributed by atoms with Gasteiger partial charge in [-0.05, 0) is 25.5 Å². The van der Waals surface area contributed by atoms with Crippen LogP contribution in [0.5, 0.6) is 0 Å². The van der Waals surface area contributed by atoms with Gasteiger partial charge in [0.1, 0.15) is 4.21 Å². The van der Waals surface area contributed by atoms with E-state index in [9.17, 15) is 8.42 Å². The molecule has 1 heterocycles. The van der Waals surface area contributed by atoms with Crippen molar-refractivity contribution in [3.05, 3.63) is 17.0 Å². The van der Waals surface area contributed by atoms with Crippen LogP contribution in [0.4, 0.5) is 0 Å². The van der Waals surface area contributed by atoms with Crippen molar-refractivity contribution >= 4 is 21.4 Å². The maximum Gasteiger partial charge on any atom is 0.250 e. The Kier molecular flexibility index (Phi) is 4.27. The van der Waals surface area contributed by atoms with Crippen molar-refractivity contribution in [1.82, 2.24) is 4.72 Å². The average molecular weight is 249 g/mol. The van der Waals surface area contributed by atoms with Crippen molar-refractivity contribution in [2.24, 2.45) is 0 Å².